The van der Waals surface area contributed by atoms with Gasteiger partial charge < -0.3 is 9.64 Å². The number of benzene rings is 1. The summed E-state index contributed by atoms with van der Waals surface area (Å²) in [5.74, 6) is -0.336. The molecule has 0 spiro atoms. The number of hydrogen-bond donors (Lipinski definition) is 2. The number of nitrogens with one attached hydrogen (secondary N) is 2. The number of anilines is 1. The van der Waals surface area contributed by atoms with Gasteiger partial charge in [-0.15, -0.1) is 0 Å². The van der Waals surface area contributed by atoms with Gasteiger partial charge in [-0.1, -0.05) is 0 Å². The molecule has 1 aromatic rings. The highest BCUT2D eigenvalue weighted by Crippen LogP contribution is 2.22. The van der Waals surface area contributed by atoms with Crippen molar-refractivity contribution in [1.82, 2.24) is 15.2 Å². The van der Waals surface area contributed by atoms with Crippen molar-refractivity contribution in [3.63, 3.8) is 0 Å². The normalized spacial score (nSPS) is 18.8. The molecule has 142 valence electrons. The summed E-state index contributed by atoms with van der Waals surface area (Å²) >= 11 is 0. The van der Waals surface area contributed by atoms with Gasteiger partial charge in [0.25, 0.3) is 5.91 Å². The van der Waals surface area contributed by atoms with Crippen LogP contribution in [0.15, 0.2) is 29.2 Å². The fraction of sp³-hybridized carbons (Fsp3) is 0.500. The molecular formula is C16H22N4O5S. The number of rotatable bonds is 5. The van der Waals surface area contributed by atoms with Gasteiger partial charge in [0.05, 0.1) is 31.2 Å². The molecule has 2 amide bonds. The minimum absolute atomic E-state index is 0.0401. The minimum atomic E-state index is -3.82. The second-order valence-corrected chi connectivity index (χ2v) is 7.80. The molecule has 2 aliphatic rings. The van der Waals surface area contributed by atoms with E-state index in [1.807, 2.05) is 0 Å². The van der Waals surface area contributed by atoms with E-state index >= 15 is 0 Å². The van der Waals surface area contributed by atoms with Gasteiger partial charge in [0.2, 0.25) is 15.9 Å². The third kappa shape index (κ3) is 4.39. The summed E-state index contributed by atoms with van der Waals surface area (Å²) in [7, 11) is -3.82. The van der Waals surface area contributed by atoms with Gasteiger partial charge in [0.15, 0.2) is 0 Å². The largest absolute Gasteiger partial charge is 0.378 e. The van der Waals surface area contributed by atoms with E-state index in [9.17, 15) is 18.0 Å². The molecule has 0 atom stereocenters. The maximum Gasteiger partial charge on any atom is 0.251 e. The maximum atomic E-state index is 12.4. The van der Waals surface area contributed by atoms with Gasteiger partial charge in [-0.2, -0.15) is 0 Å². The predicted octanol–water partition coefficient (Wildman–Crippen LogP) is -0.545. The second kappa shape index (κ2) is 8.12. The quantitative estimate of drug-likeness (QED) is 0.708. The van der Waals surface area contributed by atoms with Crippen LogP contribution in [0.5, 0.6) is 0 Å². The van der Waals surface area contributed by atoms with Gasteiger partial charge in [-0.25, -0.2) is 18.6 Å². The topological polar surface area (TPSA) is 108 Å². The molecule has 0 unspecified atom stereocenters. The Labute approximate surface area is 152 Å². The predicted molar refractivity (Wildman–Crippen MR) is 93.8 cm³/mol. The first kappa shape index (κ1) is 18.8. The Morgan fingerprint density at radius 3 is 2.65 bits per heavy atom. The Bertz CT molecular complexity index is 757. The first-order valence-corrected chi connectivity index (χ1v) is 9.97. The van der Waals surface area contributed by atoms with Crippen molar-refractivity contribution in [2.75, 3.05) is 44.3 Å². The third-order valence-corrected chi connectivity index (χ3v) is 5.67. The standard InChI is InChI=1S/C16H22N4O5S/c21-15-2-1-8-19(15)13-3-5-14(6-4-13)26(23,24)18-12-16(22)20-9-11-25-10-7-17-20/h3-6,17-18H,1-2,7-12H2. The fourth-order valence-corrected chi connectivity index (χ4v) is 3.84. The molecule has 0 aliphatic carbocycles. The average Bonchev–Trinajstić information content (AvgIpc) is 2.89. The SMILES string of the molecule is O=C(CNS(=O)(=O)c1ccc(N2CCCC2=O)cc1)N1CCOCCN1. The lowest BCUT2D eigenvalue weighted by Gasteiger charge is -2.20. The van der Waals surface area contributed by atoms with Crippen LogP contribution < -0.4 is 15.0 Å². The number of carbonyl (C=O) groups excluding carboxylic acids is 2. The van der Waals surface area contributed by atoms with Gasteiger partial charge in [-0.05, 0) is 30.7 Å². The summed E-state index contributed by atoms with van der Waals surface area (Å²) in [6, 6.07) is 6.08. The van der Waals surface area contributed by atoms with E-state index in [0.717, 1.165) is 6.42 Å². The van der Waals surface area contributed by atoms with Crippen LogP contribution in [0.1, 0.15) is 12.8 Å². The maximum absolute atomic E-state index is 12.4. The summed E-state index contributed by atoms with van der Waals surface area (Å²) < 4.78 is 32.3. The molecule has 0 bridgehead atoms. The van der Waals surface area contributed by atoms with Crippen LogP contribution in [0.25, 0.3) is 0 Å². The van der Waals surface area contributed by atoms with E-state index in [-0.39, 0.29) is 23.3 Å². The summed E-state index contributed by atoms with van der Waals surface area (Å²) in [5.41, 5.74) is 3.56. The van der Waals surface area contributed by atoms with E-state index in [4.69, 9.17) is 4.74 Å². The van der Waals surface area contributed by atoms with Crippen molar-refractivity contribution in [3.8, 4) is 0 Å². The van der Waals surface area contributed by atoms with Gasteiger partial charge in [0, 0.05) is 25.2 Å². The molecule has 0 radical (unpaired) electrons. The van der Waals surface area contributed by atoms with Gasteiger partial charge in [0.1, 0.15) is 0 Å². The Balaban J connectivity index is 1.60. The molecule has 9 nitrogen and oxygen atoms in total. The number of sulfonamides is 1. The van der Waals surface area contributed by atoms with E-state index in [1.54, 1.807) is 17.0 Å². The second-order valence-electron chi connectivity index (χ2n) is 6.03. The van der Waals surface area contributed by atoms with E-state index < -0.39 is 10.0 Å². The molecule has 1 aromatic carbocycles. The lowest BCUT2D eigenvalue weighted by molar-refractivity contribution is -0.132. The molecule has 10 heteroatoms. The van der Waals surface area contributed by atoms with Crippen LogP contribution >= 0.6 is 0 Å². The Morgan fingerprint density at radius 2 is 1.96 bits per heavy atom. The zero-order chi connectivity index (χ0) is 18.6. The van der Waals surface area contributed by atoms with Gasteiger partial charge in [-0.3, -0.25) is 14.6 Å². The van der Waals surface area contributed by atoms with E-state index in [1.165, 1.54) is 17.1 Å². The molecule has 0 aromatic heterocycles. The molecule has 2 heterocycles. The number of carbonyl (C=O) groups is 2. The van der Waals surface area contributed by atoms with Crippen LogP contribution in [0.3, 0.4) is 0 Å². The summed E-state index contributed by atoms with van der Waals surface area (Å²) in [6.07, 6.45) is 1.32. The minimum Gasteiger partial charge on any atom is -0.378 e. The molecular weight excluding hydrogens is 360 g/mol. The Kier molecular flexibility index (Phi) is 5.87. The lowest BCUT2D eigenvalue weighted by atomic mass is 10.3. The summed E-state index contributed by atoms with van der Waals surface area (Å²) in [4.78, 5) is 25.6. The van der Waals surface area contributed by atoms with E-state index in [2.05, 4.69) is 10.1 Å². The van der Waals surface area contributed by atoms with Crippen LogP contribution in [0.2, 0.25) is 0 Å². The Morgan fingerprint density at radius 1 is 1.19 bits per heavy atom. The monoisotopic (exact) mass is 382 g/mol. The van der Waals surface area contributed by atoms with Crippen molar-refractivity contribution >= 4 is 27.5 Å². The van der Waals surface area contributed by atoms with Crippen LogP contribution in [-0.2, 0) is 24.3 Å². The van der Waals surface area contributed by atoms with Crippen molar-refractivity contribution in [1.29, 1.82) is 0 Å². The van der Waals surface area contributed by atoms with Crippen LogP contribution in [0.4, 0.5) is 5.69 Å². The highest BCUT2D eigenvalue weighted by molar-refractivity contribution is 7.89. The average molecular weight is 382 g/mol. The van der Waals surface area contributed by atoms with Crippen LogP contribution in [-0.4, -0.2) is 64.6 Å². The number of nitrogens with zero attached hydrogens (tertiary/aromatic N) is 2. The smallest absolute Gasteiger partial charge is 0.251 e. The molecule has 26 heavy (non-hydrogen) atoms. The van der Waals surface area contributed by atoms with Crippen molar-refractivity contribution < 1.29 is 22.7 Å². The first-order valence-electron chi connectivity index (χ1n) is 8.49. The molecule has 0 saturated carbocycles. The van der Waals surface area contributed by atoms with Crippen molar-refractivity contribution in [2.45, 2.75) is 17.7 Å². The molecule has 2 N–H and O–H groups in total. The highest BCUT2D eigenvalue weighted by atomic mass is 32.2. The number of hydrogen-bond acceptors (Lipinski definition) is 6. The molecule has 3 rings (SSSR count). The highest BCUT2D eigenvalue weighted by Gasteiger charge is 2.23. The third-order valence-electron chi connectivity index (χ3n) is 4.25. The zero-order valence-electron chi connectivity index (χ0n) is 14.3. The first-order chi connectivity index (χ1) is 12.5. The van der Waals surface area contributed by atoms with E-state index in [0.29, 0.717) is 45.0 Å². The summed E-state index contributed by atoms with van der Waals surface area (Å²) in [6.45, 7) is 2.06. The van der Waals surface area contributed by atoms with Crippen molar-refractivity contribution in [2.24, 2.45) is 0 Å². The lowest BCUT2D eigenvalue weighted by Crippen LogP contribution is -2.48. The molecule has 2 aliphatic heterocycles. The molecule has 2 fully saturated rings. The van der Waals surface area contributed by atoms with Crippen molar-refractivity contribution in [3.05, 3.63) is 24.3 Å². The number of amides is 2. The van der Waals surface area contributed by atoms with Gasteiger partial charge >= 0.3 is 0 Å². The summed E-state index contributed by atoms with van der Waals surface area (Å²) in [5, 5.41) is 1.36. The Hall–Kier alpha value is -2.01. The van der Waals surface area contributed by atoms with Crippen LogP contribution in [0, 0.1) is 0 Å². The fourth-order valence-electron chi connectivity index (χ4n) is 2.86. The number of ether oxygens (including phenoxy) is 1. The molecule has 2 saturated heterocycles. The zero-order valence-corrected chi connectivity index (χ0v) is 15.1. The number of hydrazine groups is 1.